The fourth-order valence-corrected chi connectivity index (χ4v) is 3.95. The molecule has 0 aromatic heterocycles. The Labute approximate surface area is 156 Å². The number of nitrogens with zero attached hydrogens (tertiary/aromatic N) is 1. The van der Waals surface area contributed by atoms with Crippen LogP contribution >= 0.6 is 0 Å². The third-order valence-electron chi connectivity index (χ3n) is 5.47. The summed E-state index contributed by atoms with van der Waals surface area (Å²) in [6, 6.07) is 16.9. The quantitative estimate of drug-likeness (QED) is 0.787. The Kier molecular flexibility index (Phi) is 6.47. The molecule has 2 aromatic carbocycles. The first-order valence-electron chi connectivity index (χ1n) is 8.77. The number of para-hydroxylation sites is 1. The Morgan fingerprint density at radius 1 is 0.958 bits per heavy atom. The lowest BCUT2D eigenvalue weighted by molar-refractivity contribution is -0.920. The van der Waals surface area contributed by atoms with Crippen LogP contribution in [-0.2, 0) is 6.42 Å². The Balaban J connectivity index is 0.00000208. The van der Waals surface area contributed by atoms with Crippen molar-refractivity contribution in [1.29, 1.82) is 0 Å². The van der Waals surface area contributed by atoms with E-state index in [1.807, 2.05) is 18.2 Å². The number of piperidine rings is 1. The predicted molar refractivity (Wildman–Crippen MR) is 96.5 cm³/mol. The zero-order chi connectivity index (χ0) is 16.3. The summed E-state index contributed by atoms with van der Waals surface area (Å²) in [5, 5.41) is 10.2. The van der Waals surface area contributed by atoms with Crippen LogP contribution in [0.15, 0.2) is 48.5 Å². The first-order chi connectivity index (χ1) is 11.1. The molecule has 1 aliphatic heterocycles. The van der Waals surface area contributed by atoms with E-state index >= 15 is 0 Å². The number of aromatic hydroxyl groups is 1. The topological polar surface area (TPSA) is 20.2 Å². The molecule has 2 aromatic rings. The van der Waals surface area contributed by atoms with Crippen LogP contribution in [0.25, 0.3) is 11.1 Å². The average Bonchev–Trinajstić information content (AvgIpc) is 2.54. The molecule has 1 unspecified atom stereocenters. The average molecular weight is 390 g/mol. The molecule has 1 fully saturated rings. The maximum atomic E-state index is 10.2. The van der Waals surface area contributed by atoms with Gasteiger partial charge < -0.3 is 26.6 Å². The van der Waals surface area contributed by atoms with Crippen LogP contribution in [0.3, 0.4) is 0 Å². The molecule has 2 nitrogen and oxygen atoms in total. The van der Waals surface area contributed by atoms with E-state index in [9.17, 15) is 5.11 Å². The van der Waals surface area contributed by atoms with Gasteiger partial charge in [0, 0.05) is 12.0 Å². The van der Waals surface area contributed by atoms with Gasteiger partial charge in [0.25, 0.3) is 0 Å². The molecule has 3 rings (SSSR count). The van der Waals surface area contributed by atoms with E-state index in [0.29, 0.717) is 5.75 Å². The molecule has 1 aliphatic rings. The maximum absolute atomic E-state index is 10.2. The highest BCUT2D eigenvalue weighted by atomic mass is 79.9. The lowest BCUT2D eigenvalue weighted by Gasteiger charge is -2.42. The second kappa shape index (κ2) is 8.17. The van der Waals surface area contributed by atoms with Crippen LogP contribution in [0.2, 0.25) is 0 Å². The van der Waals surface area contributed by atoms with Gasteiger partial charge in [0.05, 0.1) is 26.7 Å². The summed E-state index contributed by atoms with van der Waals surface area (Å²) in [5.41, 5.74) is 3.46. The van der Waals surface area contributed by atoms with Gasteiger partial charge in [0.1, 0.15) is 5.75 Å². The highest BCUT2D eigenvalue weighted by Crippen LogP contribution is 2.33. The van der Waals surface area contributed by atoms with Gasteiger partial charge in [-0.05, 0) is 42.9 Å². The number of phenols is 1. The number of aryl methyl sites for hydroxylation is 1. The van der Waals surface area contributed by atoms with Crippen molar-refractivity contribution in [2.75, 3.05) is 20.6 Å². The minimum atomic E-state index is 0. The van der Waals surface area contributed by atoms with Crippen molar-refractivity contribution in [3.8, 4) is 16.9 Å². The van der Waals surface area contributed by atoms with Crippen LogP contribution in [0.4, 0.5) is 0 Å². The van der Waals surface area contributed by atoms with Gasteiger partial charge in [0.15, 0.2) is 0 Å². The summed E-state index contributed by atoms with van der Waals surface area (Å²) >= 11 is 0. The van der Waals surface area contributed by atoms with Crippen LogP contribution in [0, 0.1) is 0 Å². The highest BCUT2D eigenvalue weighted by molar-refractivity contribution is 5.72. The van der Waals surface area contributed by atoms with Crippen LogP contribution in [0.5, 0.6) is 5.75 Å². The SMILES string of the molecule is C[N+]1(C)CCCCC1CCc1ccccc1-c1ccccc1O.[Br-]. The van der Waals surface area contributed by atoms with Gasteiger partial charge >= 0.3 is 0 Å². The van der Waals surface area contributed by atoms with Crippen molar-refractivity contribution in [2.24, 2.45) is 0 Å². The second-order valence-corrected chi connectivity index (χ2v) is 7.36. The van der Waals surface area contributed by atoms with Gasteiger partial charge in [-0.15, -0.1) is 0 Å². The molecular formula is C21H28BrNO. The van der Waals surface area contributed by atoms with E-state index in [1.165, 1.54) is 43.4 Å². The number of halogens is 1. The fraction of sp³-hybridized carbons (Fsp3) is 0.429. The zero-order valence-electron chi connectivity index (χ0n) is 14.7. The van der Waals surface area contributed by atoms with E-state index in [4.69, 9.17) is 0 Å². The van der Waals surface area contributed by atoms with Crippen LogP contribution in [-0.4, -0.2) is 36.3 Å². The highest BCUT2D eigenvalue weighted by Gasteiger charge is 2.30. The second-order valence-electron chi connectivity index (χ2n) is 7.36. The predicted octanol–water partition coefficient (Wildman–Crippen LogP) is 1.62. The van der Waals surface area contributed by atoms with Crippen molar-refractivity contribution < 1.29 is 26.6 Å². The lowest BCUT2D eigenvalue weighted by Crippen LogP contribution is -3.00. The molecule has 0 aliphatic carbocycles. The summed E-state index contributed by atoms with van der Waals surface area (Å²) in [6.07, 6.45) is 6.37. The number of rotatable bonds is 4. The molecule has 0 bridgehead atoms. The molecule has 1 atom stereocenters. The monoisotopic (exact) mass is 389 g/mol. The van der Waals surface area contributed by atoms with Crippen molar-refractivity contribution in [3.63, 3.8) is 0 Å². The number of benzene rings is 2. The molecule has 24 heavy (non-hydrogen) atoms. The molecule has 0 spiro atoms. The lowest BCUT2D eigenvalue weighted by atomic mass is 9.91. The zero-order valence-corrected chi connectivity index (χ0v) is 16.3. The fourth-order valence-electron chi connectivity index (χ4n) is 3.95. The van der Waals surface area contributed by atoms with Gasteiger partial charge in [-0.25, -0.2) is 0 Å². The standard InChI is InChI=1S/C21H27NO.BrH/c1-22(2)16-8-7-10-18(22)15-14-17-9-3-4-11-19(17)20-12-5-6-13-21(20)23;/h3-6,9,11-13,18H,7-8,10,14-16H2,1-2H3;1H. The molecule has 0 amide bonds. The van der Waals surface area contributed by atoms with Crippen molar-refractivity contribution in [2.45, 2.75) is 38.1 Å². The molecule has 1 heterocycles. The van der Waals surface area contributed by atoms with Gasteiger partial charge in [-0.2, -0.15) is 0 Å². The Hall–Kier alpha value is -1.32. The summed E-state index contributed by atoms with van der Waals surface area (Å²) in [5.74, 6) is 0.369. The van der Waals surface area contributed by atoms with Crippen LogP contribution < -0.4 is 17.0 Å². The number of phenolic OH excluding ortho intramolecular Hbond substituents is 1. The smallest absolute Gasteiger partial charge is 0.123 e. The Bertz CT molecular complexity index is 668. The molecular weight excluding hydrogens is 362 g/mol. The molecule has 1 saturated heterocycles. The van der Waals surface area contributed by atoms with E-state index in [-0.39, 0.29) is 17.0 Å². The van der Waals surface area contributed by atoms with Gasteiger partial charge in [0.2, 0.25) is 0 Å². The van der Waals surface area contributed by atoms with Crippen LogP contribution in [0.1, 0.15) is 31.2 Å². The molecule has 1 N–H and O–H groups in total. The Morgan fingerprint density at radius 3 is 2.33 bits per heavy atom. The molecule has 3 heteroatoms. The van der Waals surface area contributed by atoms with E-state index < -0.39 is 0 Å². The van der Waals surface area contributed by atoms with E-state index in [0.717, 1.165) is 22.5 Å². The summed E-state index contributed by atoms with van der Waals surface area (Å²) < 4.78 is 1.15. The number of likely N-dealkylation sites (tertiary alicyclic amines) is 1. The van der Waals surface area contributed by atoms with E-state index in [2.05, 4.69) is 38.4 Å². The van der Waals surface area contributed by atoms with Gasteiger partial charge in [-0.1, -0.05) is 42.5 Å². The molecule has 130 valence electrons. The first kappa shape index (κ1) is 19.0. The number of hydrogen-bond acceptors (Lipinski definition) is 1. The summed E-state index contributed by atoms with van der Waals surface area (Å²) in [7, 11) is 4.75. The minimum absolute atomic E-state index is 0. The normalized spacial score (nSPS) is 19.5. The number of quaternary nitrogens is 1. The van der Waals surface area contributed by atoms with Crippen molar-refractivity contribution in [1.82, 2.24) is 0 Å². The molecule has 0 radical (unpaired) electrons. The summed E-state index contributed by atoms with van der Waals surface area (Å²) in [4.78, 5) is 0. The number of hydrogen-bond donors (Lipinski definition) is 1. The van der Waals surface area contributed by atoms with Crippen molar-refractivity contribution in [3.05, 3.63) is 54.1 Å². The third kappa shape index (κ3) is 4.20. The maximum Gasteiger partial charge on any atom is 0.123 e. The molecule has 0 saturated carbocycles. The van der Waals surface area contributed by atoms with E-state index in [1.54, 1.807) is 6.07 Å². The first-order valence-corrected chi connectivity index (χ1v) is 8.77. The largest absolute Gasteiger partial charge is 1.00 e. The van der Waals surface area contributed by atoms with Gasteiger partial charge in [-0.3, -0.25) is 0 Å². The third-order valence-corrected chi connectivity index (χ3v) is 5.47. The van der Waals surface area contributed by atoms with Crippen molar-refractivity contribution >= 4 is 0 Å². The minimum Gasteiger partial charge on any atom is -1.00 e. The Morgan fingerprint density at radius 2 is 1.62 bits per heavy atom. The summed E-state index contributed by atoms with van der Waals surface area (Å²) in [6.45, 7) is 1.30.